The van der Waals surface area contributed by atoms with Gasteiger partial charge in [0.15, 0.2) is 0 Å². The van der Waals surface area contributed by atoms with Crippen LogP contribution in [0.2, 0.25) is 0 Å². The maximum atomic E-state index is 12.3. The number of hydrogen-bond donors (Lipinski definition) is 1. The van der Waals surface area contributed by atoms with Crippen LogP contribution < -0.4 is 5.32 Å². The van der Waals surface area contributed by atoms with Crippen molar-refractivity contribution >= 4 is 17.4 Å². The molecule has 0 radical (unpaired) electrons. The molecule has 7 heteroatoms. The van der Waals surface area contributed by atoms with Crippen LogP contribution in [-0.2, 0) is 13.0 Å². The Hall–Kier alpha value is -1.86. The van der Waals surface area contributed by atoms with Gasteiger partial charge in [0, 0.05) is 44.8 Å². The fourth-order valence-corrected chi connectivity index (χ4v) is 3.45. The number of hydrogen-bond acceptors (Lipinski definition) is 5. The molecule has 0 aromatic carbocycles. The highest BCUT2D eigenvalue weighted by Crippen LogP contribution is 2.10. The largest absolute Gasteiger partial charge is 0.364 e. The molecule has 23 heavy (non-hydrogen) atoms. The number of thiophene rings is 1. The zero-order valence-electron chi connectivity index (χ0n) is 13.3. The van der Waals surface area contributed by atoms with Gasteiger partial charge in [-0.2, -0.15) is 11.3 Å². The van der Waals surface area contributed by atoms with Crippen LogP contribution in [0.15, 0.2) is 33.7 Å². The van der Waals surface area contributed by atoms with Crippen LogP contribution in [0.5, 0.6) is 0 Å². The lowest BCUT2D eigenvalue weighted by Crippen LogP contribution is -2.53. The third kappa shape index (κ3) is 4.56. The number of nitrogens with one attached hydrogen (secondary N) is 1. The molecule has 1 fully saturated rings. The van der Waals surface area contributed by atoms with Crippen molar-refractivity contribution < 1.29 is 9.32 Å². The molecule has 0 spiro atoms. The summed E-state index contributed by atoms with van der Waals surface area (Å²) in [5.74, 6) is 0. The lowest BCUT2D eigenvalue weighted by atomic mass is 10.1. The van der Waals surface area contributed by atoms with Crippen molar-refractivity contribution in [3.05, 3.63) is 40.4 Å². The average Bonchev–Trinajstić information content (AvgIpc) is 3.21. The van der Waals surface area contributed by atoms with Crippen LogP contribution in [0.25, 0.3) is 0 Å². The molecule has 1 aliphatic heterocycles. The number of amides is 2. The van der Waals surface area contributed by atoms with E-state index >= 15 is 0 Å². The molecule has 1 unspecified atom stereocenters. The van der Waals surface area contributed by atoms with E-state index < -0.39 is 0 Å². The zero-order chi connectivity index (χ0) is 16.1. The fraction of sp³-hybridized carbons (Fsp3) is 0.500. The van der Waals surface area contributed by atoms with Crippen molar-refractivity contribution in [2.45, 2.75) is 25.9 Å². The maximum absolute atomic E-state index is 12.3. The second-order valence-electron chi connectivity index (χ2n) is 5.94. The summed E-state index contributed by atoms with van der Waals surface area (Å²) in [5.41, 5.74) is 2.22. The minimum atomic E-state index is 0.0359. The van der Waals surface area contributed by atoms with E-state index in [1.54, 1.807) is 17.6 Å². The molecule has 3 rings (SSSR count). The number of nitrogens with zero attached hydrogens (tertiary/aromatic N) is 3. The first-order chi connectivity index (χ1) is 11.2. The van der Waals surface area contributed by atoms with Crippen molar-refractivity contribution in [3.8, 4) is 0 Å². The highest BCUT2D eigenvalue weighted by Gasteiger charge is 2.22. The van der Waals surface area contributed by atoms with E-state index in [0.29, 0.717) is 0 Å². The van der Waals surface area contributed by atoms with Crippen LogP contribution in [-0.4, -0.2) is 53.2 Å². The Morgan fingerprint density at radius 1 is 1.39 bits per heavy atom. The Labute approximate surface area is 140 Å². The van der Waals surface area contributed by atoms with E-state index in [2.05, 4.69) is 39.1 Å². The SMILES string of the molecule is CC(Cc1ccsc1)NC(=O)N1CCN(Cc2ccon2)CC1. The first-order valence-electron chi connectivity index (χ1n) is 7.89. The Morgan fingerprint density at radius 3 is 2.87 bits per heavy atom. The van der Waals surface area contributed by atoms with Gasteiger partial charge in [-0.05, 0) is 35.7 Å². The van der Waals surface area contributed by atoms with E-state index in [9.17, 15) is 4.79 Å². The van der Waals surface area contributed by atoms with Crippen molar-refractivity contribution in [2.24, 2.45) is 0 Å². The van der Waals surface area contributed by atoms with E-state index in [1.165, 1.54) is 5.56 Å². The summed E-state index contributed by atoms with van der Waals surface area (Å²) < 4.78 is 4.85. The van der Waals surface area contributed by atoms with E-state index in [4.69, 9.17) is 4.52 Å². The molecule has 0 saturated carbocycles. The van der Waals surface area contributed by atoms with Gasteiger partial charge < -0.3 is 14.7 Å². The van der Waals surface area contributed by atoms with Gasteiger partial charge in [-0.1, -0.05) is 5.16 Å². The molecule has 2 aromatic heterocycles. The quantitative estimate of drug-likeness (QED) is 0.910. The summed E-state index contributed by atoms with van der Waals surface area (Å²) in [6.07, 6.45) is 2.47. The van der Waals surface area contributed by atoms with Crippen LogP contribution in [0.1, 0.15) is 18.2 Å². The standard InChI is InChI=1S/C16H22N4O2S/c1-13(10-14-3-9-23-12-14)17-16(21)20-6-4-19(5-7-20)11-15-2-8-22-18-15/h2-3,8-9,12-13H,4-7,10-11H2,1H3,(H,17,21). The molecule has 2 amide bonds. The lowest BCUT2D eigenvalue weighted by molar-refractivity contribution is 0.132. The predicted octanol–water partition coefficient (Wildman–Crippen LogP) is 2.19. The van der Waals surface area contributed by atoms with E-state index in [1.807, 2.05) is 11.0 Å². The van der Waals surface area contributed by atoms with E-state index in [0.717, 1.165) is 44.8 Å². The number of urea groups is 1. The van der Waals surface area contributed by atoms with Gasteiger partial charge in [0.25, 0.3) is 0 Å². The van der Waals surface area contributed by atoms with Crippen molar-refractivity contribution in [3.63, 3.8) is 0 Å². The number of carbonyl (C=O) groups excluding carboxylic acids is 1. The molecular weight excluding hydrogens is 312 g/mol. The van der Waals surface area contributed by atoms with Crippen LogP contribution in [0, 0.1) is 0 Å². The summed E-state index contributed by atoms with van der Waals surface area (Å²) in [7, 11) is 0. The molecule has 6 nitrogen and oxygen atoms in total. The van der Waals surface area contributed by atoms with Crippen LogP contribution in [0.4, 0.5) is 4.79 Å². The van der Waals surface area contributed by atoms with Crippen molar-refractivity contribution in [1.29, 1.82) is 0 Å². The highest BCUT2D eigenvalue weighted by atomic mass is 32.1. The van der Waals surface area contributed by atoms with Gasteiger partial charge in [-0.15, -0.1) is 0 Å². The lowest BCUT2D eigenvalue weighted by Gasteiger charge is -2.34. The molecule has 3 heterocycles. The molecular formula is C16H22N4O2S. The smallest absolute Gasteiger partial charge is 0.317 e. The second-order valence-corrected chi connectivity index (χ2v) is 6.72. The van der Waals surface area contributed by atoms with Crippen molar-refractivity contribution in [2.75, 3.05) is 26.2 Å². The molecule has 2 aromatic rings. The normalized spacial score (nSPS) is 17.2. The molecule has 124 valence electrons. The fourth-order valence-electron chi connectivity index (χ4n) is 2.77. The van der Waals surface area contributed by atoms with Gasteiger partial charge in [-0.25, -0.2) is 4.79 Å². The van der Waals surface area contributed by atoms with Crippen molar-refractivity contribution in [1.82, 2.24) is 20.3 Å². The number of carbonyl (C=O) groups is 1. The molecule has 1 atom stereocenters. The summed E-state index contributed by atoms with van der Waals surface area (Å²) in [6.45, 7) is 6.04. The minimum Gasteiger partial charge on any atom is -0.364 e. The summed E-state index contributed by atoms with van der Waals surface area (Å²) in [4.78, 5) is 16.5. The maximum Gasteiger partial charge on any atom is 0.317 e. The highest BCUT2D eigenvalue weighted by molar-refractivity contribution is 7.07. The second kappa shape index (κ2) is 7.61. The topological polar surface area (TPSA) is 61.6 Å². The zero-order valence-corrected chi connectivity index (χ0v) is 14.1. The summed E-state index contributed by atoms with van der Waals surface area (Å²) in [5, 5.41) is 11.2. The third-order valence-electron chi connectivity index (χ3n) is 4.03. The summed E-state index contributed by atoms with van der Waals surface area (Å²) in [6, 6.07) is 4.17. The van der Waals surface area contributed by atoms with Gasteiger partial charge in [0.1, 0.15) is 6.26 Å². The Morgan fingerprint density at radius 2 is 2.22 bits per heavy atom. The predicted molar refractivity (Wildman–Crippen MR) is 89.4 cm³/mol. The molecule has 1 N–H and O–H groups in total. The average molecular weight is 334 g/mol. The first kappa shape index (κ1) is 16.0. The number of aromatic nitrogens is 1. The Kier molecular flexibility index (Phi) is 5.30. The van der Waals surface area contributed by atoms with Crippen LogP contribution >= 0.6 is 11.3 Å². The first-order valence-corrected chi connectivity index (χ1v) is 8.83. The van der Waals surface area contributed by atoms with Crippen LogP contribution in [0.3, 0.4) is 0 Å². The number of rotatable bonds is 5. The molecule has 0 aliphatic carbocycles. The molecule has 1 aliphatic rings. The number of piperazine rings is 1. The monoisotopic (exact) mass is 334 g/mol. The van der Waals surface area contributed by atoms with Gasteiger partial charge in [0.2, 0.25) is 0 Å². The Balaban J connectivity index is 1.41. The molecule has 0 bridgehead atoms. The van der Waals surface area contributed by atoms with Gasteiger partial charge in [0.05, 0.1) is 5.69 Å². The third-order valence-corrected chi connectivity index (χ3v) is 4.76. The van der Waals surface area contributed by atoms with E-state index in [-0.39, 0.29) is 12.1 Å². The molecule has 1 saturated heterocycles. The van der Waals surface area contributed by atoms with Gasteiger partial charge in [-0.3, -0.25) is 4.90 Å². The summed E-state index contributed by atoms with van der Waals surface area (Å²) >= 11 is 1.69. The Bertz CT molecular complexity index is 592. The van der Waals surface area contributed by atoms with Gasteiger partial charge >= 0.3 is 6.03 Å². The minimum absolute atomic E-state index is 0.0359.